The van der Waals surface area contributed by atoms with Gasteiger partial charge in [0.1, 0.15) is 0 Å². The zero-order valence-corrected chi connectivity index (χ0v) is 14.4. The average molecular weight is 323 g/mol. The lowest BCUT2D eigenvalue weighted by atomic mass is 9.93. The van der Waals surface area contributed by atoms with Crippen LogP contribution in [0.2, 0.25) is 0 Å². The summed E-state index contributed by atoms with van der Waals surface area (Å²) in [4.78, 5) is 4.53. The third kappa shape index (κ3) is 4.02. The fourth-order valence-corrected chi connectivity index (χ4v) is 2.79. The van der Waals surface area contributed by atoms with Crippen LogP contribution in [0.4, 0.5) is 0 Å². The summed E-state index contributed by atoms with van der Waals surface area (Å²) in [7, 11) is 0. The molecule has 0 aliphatic rings. The third-order valence-electron chi connectivity index (χ3n) is 4.09. The van der Waals surface area contributed by atoms with Gasteiger partial charge < -0.3 is 0 Å². The summed E-state index contributed by atoms with van der Waals surface area (Å²) < 4.78 is 0. The van der Waals surface area contributed by atoms with Gasteiger partial charge in [0.15, 0.2) is 0 Å². The highest BCUT2D eigenvalue weighted by molar-refractivity contribution is 5.83. The van der Waals surface area contributed by atoms with Crippen molar-refractivity contribution in [2.24, 2.45) is 0 Å². The SMILES string of the molecule is C=C/C=C\C=C(/C)c1cc(-c2ccccc2)ccc1-c1ccccn1. The molecule has 0 radical (unpaired) electrons. The lowest BCUT2D eigenvalue weighted by molar-refractivity contribution is 1.32. The van der Waals surface area contributed by atoms with Crippen molar-refractivity contribution >= 4 is 5.57 Å². The van der Waals surface area contributed by atoms with E-state index in [4.69, 9.17) is 0 Å². The van der Waals surface area contributed by atoms with Crippen LogP contribution < -0.4 is 0 Å². The minimum Gasteiger partial charge on any atom is -0.256 e. The van der Waals surface area contributed by atoms with E-state index in [1.807, 2.05) is 42.6 Å². The van der Waals surface area contributed by atoms with Gasteiger partial charge in [0, 0.05) is 11.8 Å². The molecule has 0 bridgehead atoms. The number of benzene rings is 2. The number of hydrogen-bond acceptors (Lipinski definition) is 1. The molecule has 0 N–H and O–H groups in total. The molecule has 0 spiro atoms. The maximum Gasteiger partial charge on any atom is 0.0708 e. The maximum atomic E-state index is 4.53. The first kappa shape index (κ1) is 16.7. The van der Waals surface area contributed by atoms with E-state index in [9.17, 15) is 0 Å². The van der Waals surface area contributed by atoms with Gasteiger partial charge in [-0.05, 0) is 47.4 Å². The van der Waals surface area contributed by atoms with Crippen molar-refractivity contribution in [3.05, 3.63) is 109 Å². The molecule has 0 amide bonds. The Kier molecular flexibility index (Phi) is 5.38. The van der Waals surface area contributed by atoms with Gasteiger partial charge in [-0.2, -0.15) is 0 Å². The van der Waals surface area contributed by atoms with Crippen molar-refractivity contribution in [3.63, 3.8) is 0 Å². The molecule has 0 unspecified atom stereocenters. The molecule has 3 rings (SSSR count). The quantitative estimate of drug-likeness (QED) is 0.484. The molecular formula is C24H21N. The van der Waals surface area contributed by atoms with Crippen molar-refractivity contribution in [2.45, 2.75) is 6.92 Å². The van der Waals surface area contributed by atoms with E-state index in [1.165, 1.54) is 22.3 Å². The smallest absolute Gasteiger partial charge is 0.0708 e. The Labute approximate surface area is 149 Å². The summed E-state index contributed by atoms with van der Waals surface area (Å²) in [5.41, 5.74) is 6.92. The second-order valence-corrected chi connectivity index (χ2v) is 5.81. The second-order valence-electron chi connectivity index (χ2n) is 5.81. The normalized spacial score (nSPS) is 11.6. The van der Waals surface area contributed by atoms with E-state index in [0.717, 1.165) is 11.3 Å². The molecule has 2 aromatic carbocycles. The van der Waals surface area contributed by atoms with E-state index >= 15 is 0 Å². The molecule has 1 heterocycles. The summed E-state index contributed by atoms with van der Waals surface area (Å²) in [6.45, 7) is 5.85. The van der Waals surface area contributed by atoms with Gasteiger partial charge in [-0.25, -0.2) is 0 Å². The Morgan fingerprint density at radius 3 is 2.40 bits per heavy atom. The van der Waals surface area contributed by atoms with Crippen LogP contribution in [0.15, 0.2) is 104 Å². The van der Waals surface area contributed by atoms with Crippen LogP contribution >= 0.6 is 0 Å². The third-order valence-corrected chi connectivity index (χ3v) is 4.09. The fourth-order valence-electron chi connectivity index (χ4n) is 2.79. The molecule has 122 valence electrons. The highest BCUT2D eigenvalue weighted by atomic mass is 14.7. The molecule has 1 heteroatoms. The minimum atomic E-state index is 0.984. The minimum absolute atomic E-state index is 0.984. The monoisotopic (exact) mass is 323 g/mol. The second kappa shape index (κ2) is 8.07. The predicted molar refractivity (Wildman–Crippen MR) is 108 cm³/mol. The summed E-state index contributed by atoms with van der Waals surface area (Å²) >= 11 is 0. The molecule has 0 atom stereocenters. The lowest BCUT2D eigenvalue weighted by Crippen LogP contribution is -1.91. The van der Waals surface area contributed by atoms with Crippen LogP contribution in [0.1, 0.15) is 12.5 Å². The predicted octanol–water partition coefficient (Wildman–Crippen LogP) is 6.56. The standard InChI is InChI=1S/C24H21N/c1-3-4-6-11-19(2)23-18-21(20-12-7-5-8-13-20)15-16-22(23)24-14-9-10-17-25-24/h3-18H,1H2,2H3/b6-4-,19-11+. The molecule has 1 nitrogen and oxygen atoms in total. The Bertz CT molecular complexity index is 903. The van der Waals surface area contributed by atoms with Gasteiger partial charge in [0.25, 0.3) is 0 Å². The van der Waals surface area contributed by atoms with E-state index in [1.54, 1.807) is 6.08 Å². The first-order chi connectivity index (χ1) is 12.3. The molecule has 0 saturated carbocycles. The topological polar surface area (TPSA) is 12.9 Å². The highest BCUT2D eigenvalue weighted by Gasteiger charge is 2.09. The maximum absolute atomic E-state index is 4.53. The van der Waals surface area contributed by atoms with Crippen molar-refractivity contribution in [3.8, 4) is 22.4 Å². The molecule has 0 fully saturated rings. The fraction of sp³-hybridized carbons (Fsp3) is 0.0417. The van der Waals surface area contributed by atoms with E-state index in [0.29, 0.717) is 0 Å². The van der Waals surface area contributed by atoms with Gasteiger partial charge >= 0.3 is 0 Å². The number of nitrogens with zero attached hydrogens (tertiary/aromatic N) is 1. The number of aromatic nitrogens is 1. The van der Waals surface area contributed by atoms with Crippen LogP contribution in [-0.2, 0) is 0 Å². The van der Waals surface area contributed by atoms with Crippen molar-refractivity contribution < 1.29 is 0 Å². The zero-order valence-electron chi connectivity index (χ0n) is 14.4. The average Bonchev–Trinajstić information content (AvgIpc) is 2.69. The molecule has 0 saturated heterocycles. The summed E-state index contributed by atoms with van der Waals surface area (Å²) in [6.07, 6.45) is 9.67. The Morgan fingerprint density at radius 2 is 1.68 bits per heavy atom. The van der Waals surface area contributed by atoms with Crippen molar-refractivity contribution in [1.82, 2.24) is 4.98 Å². The van der Waals surface area contributed by atoms with Gasteiger partial charge in [-0.3, -0.25) is 4.98 Å². The van der Waals surface area contributed by atoms with Gasteiger partial charge in [-0.15, -0.1) is 0 Å². The van der Waals surface area contributed by atoms with Crippen LogP contribution in [0, 0.1) is 0 Å². The first-order valence-electron chi connectivity index (χ1n) is 8.37. The molecule has 0 aliphatic heterocycles. The Balaban J connectivity index is 2.14. The number of hydrogen-bond donors (Lipinski definition) is 0. The Morgan fingerprint density at radius 1 is 0.880 bits per heavy atom. The Hall–Kier alpha value is -3.19. The van der Waals surface area contributed by atoms with Crippen LogP contribution in [-0.4, -0.2) is 4.98 Å². The summed E-state index contributed by atoms with van der Waals surface area (Å²) in [6, 6.07) is 23.0. The van der Waals surface area contributed by atoms with Crippen LogP contribution in [0.25, 0.3) is 28.0 Å². The van der Waals surface area contributed by atoms with Gasteiger partial charge in [0.2, 0.25) is 0 Å². The van der Waals surface area contributed by atoms with Crippen molar-refractivity contribution in [2.75, 3.05) is 0 Å². The van der Waals surface area contributed by atoms with Crippen molar-refractivity contribution in [1.29, 1.82) is 0 Å². The largest absolute Gasteiger partial charge is 0.256 e. The van der Waals surface area contributed by atoms with Crippen LogP contribution in [0.5, 0.6) is 0 Å². The highest BCUT2D eigenvalue weighted by Crippen LogP contribution is 2.32. The molecule has 25 heavy (non-hydrogen) atoms. The molecule has 1 aromatic heterocycles. The van der Waals surface area contributed by atoms with Gasteiger partial charge in [-0.1, -0.05) is 79.4 Å². The summed E-state index contributed by atoms with van der Waals surface area (Å²) in [5.74, 6) is 0. The zero-order chi connectivity index (χ0) is 17.5. The van der Waals surface area contributed by atoms with E-state index in [2.05, 4.69) is 67.0 Å². The molecular weight excluding hydrogens is 302 g/mol. The summed E-state index contributed by atoms with van der Waals surface area (Å²) in [5, 5.41) is 0. The number of rotatable bonds is 5. The first-order valence-corrected chi connectivity index (χ1v) is 8.37. The molecule has 0 aliphatic carbocycles. The lowest BCUT2D eigenvalue weighted by Gasteiger charge is -2.12. The number of pyridine rings is 1. The molecule has 3 aromatic rings. The van der Waals surface area contributed by atoms with Gasteiger partial charge in [0.05, 0.1) is 5.69 Å². The number of allylic oxidation sites excluding steroid dienone is 5. The van der Waals surface area contributed by atoms with E-state index < -0.39 is 0 Å². The van der Waals surface area contributed by atoms with E-state index in [-0.39, 0.29) is 0 Å². The van der Waals surface area contributed by atoms with Crippen LogP contribution in [0.3, 0.4) is 0 Å².